The number of amides is 2. The molecule has 3 rings (SSSR count). The van der Waals surface area contributed by atoms with Crippen LogP contribution in [0.25, 0.3) is 10.6 Å². The maximum atomic E-state index is 12.0. The van der Waals surface area contributed by atoms with E-state index in [4.69, 9.17) is 0 Å². The molecule has 0 radical (unpaired) electrons. The summed E-state index contributed by atoms with van der Waals surface area (Å²) in [5.74, 6) is -0.911. The normalized spacial score (nSPS) is 10.1. The SMILES string of the molecule is O=C(NNC(=O)c1csc(-c2ccccc2)n1)c1cccnc1. The van der Waals surface area contributed by atoms with Crippen LogP contribution < -0.4 is 10.9 Å². The van der Waals surface area contributed by atoms with Gasteiger partial charge in [-0.25, -0.2) is 4.98 Å². The fraction of sp³-hybridized carbons (Fsp3) is 0. The molecule has 23 heavy (non-hydrogen) atoms. The van der Waals surface area contributed by atoms with Crippen LogP contribution in [0.2, 0.25) is 0 Å². The summed E-state index contributed by atoms with van der Waals surface area (Å²) in [6.07, 6.45) is 2.98. The zero-order valence-electron chi connectivity index (χ0n) is 11.9. The lowest BCUT2D eigenvalue weighted by molar-refractivity contribution is 0.0844. The number of carbonyl (C=O) groups is 2. The van der Waals surface area contributed by atoms with Gasteiger partial charge in [-0.05, 0) is 12.1 Å². The molecule has 1 aromatic carbocycles. The Morgan fingerprint density at radius 2 is 1.74 bits per heavy atom. The van der Waals surface area contributed by atoms with Crippen LogP contribution in [-0.2, 0) is 0 Å². The van der Waals surface area contributed by atoms with Gasteiger partial charge in [0.25, 0.3) is 11.8 Å². The third-order valence-electron chi connectivity index (χ3n) is 2.97. The average molecular weight is 324 g/mol. The van der Waals surface area contributed by atoms with Crippen LogP contribution in [0.4, 0.5) is 0 Å². The molecule has 2 amide bonds. The van der Waals surface area contributed by atoms with Crippen LogP contribution in [-0.4, -0.2) is 21.8 Å². The number of hydrogen-bond donors (Lipinski definition) is 2. The number of hydrogen-bond acceptors (Lipinski definition) is 5. The van der Waals surface area contributed by atoms with Gasteiger partial charge in [0.2, 0.25) is 0 Å². The van der Waals surface area contributed by atoms with Crippen molar-refractivity contribution in [1.82, 2.24) is 20.8 Å². The highest BCUT2D eigenvalue weighted by atomic mass is 32.1. The van der Waals surface area contributed by atoms with E-state index in [2.05, 4.69) is 20.8 Å². The minimum Gasteiger partial charge on any atom is -0.267 e. The van der Waals surface area contributed by atoms with Gasteiger partial charge in [-0.3, -0.25) is 25.4 Å². The molecule has 0 atom stereocenters. The van der Waals surface area contributed by atoms with Gasteiger partial charge in [0.15, 0.2) is 0 Å². The van der Waals surface area contributed by atoms with E-state index in [0.29, 0.717) is 5.56 Å². The molecule has 2 N–H and O–H groups in total. The van der Waals surface area contributed by atoms with Crippen molar-refractivity contribution in [2.75, 3.05) is 0 Å². The van der Waals surface area contributed by atoms with Gasteiger partial charge in [-0.15, -0.1) is 11.3 Å². The second-order valence-electron chi connectivity index (χ2n) is 4.55. The molecular weight excluding hydrogens is 312 g/mol. The van der Waals surface area contributed by atoms with Crippen molar-refractivity contribution in [3.63, 3.8) is 0 Å². The van der Waals surface area contributed by atoms with E-state index in [0.717, 1.165) is 10.6 Å². The zero-order valence-corrected chi connectivity index (χ0v) is 12.7. The third-order valence-corrected chi connectivity index (χ3v) is 3.86. The minimum absolute atomic E-state index is 0.250. The first-order valence-electron chi connectivity index (χ1n) is 6.76. The molecule has 2 heterocycles. The Bertz CT molecular complexity index is 818. The molecule has 0 aliphatic heterocycles. The molecule has 0 saturated heterocycles. The van der Waals surface area contributed by atoms with Crippen molar-refractivity contribution in [1.29, 1.82) is 0 Å². The molecule has 0 aliphatic carbocycles. The van der Waals surface area contributed by atoms with Crippen molar-refractivity contribution in [3.8, 4) is 10.6 Å². The second kappa shape index (κ2) is 6.80. The van der Waals surface area contributed by atoms with E-state index in [1.807, 2.05) is 30.3 Å². The van der Waals surface area contributed by atoms with Crippen molar-refractivity contribution in [2.45, 2.75) is 0 Å². The molecule has 0 spiro atoms. The molecular formula is C16H12N4O2S. The number of thiazole rings is 1. The summed E-state index contributed by atoms with van der Waals surface area (Å²) in [6.45, 7) is 0. The molecule has 114 valence electrons. The molecule has 0 fully saturated rings. The molecule has 3 aromatic rings. The van der Waals surface area contributed by atoms with Gasteiger partial charge < -0.3 is 0 Å². The first kappa shape index (κ1) is 14.9. The number of nitrogens with one attached hydrogen (secondary N) is 2. The Morgan fingerprint density at radius 3 is 2.48 bits per heavy atom. The minimum atomic E-state index is -0.472. The fourth-order valence-electron chi connectivity index (χ4n) is 1.84. The average Bonchev–Trinajstić information content (AvgIpc) is 3.11. The largest absolute Gasteiger partial charge is 0.289 e. The first-order valence-corrected chi connectivity index (χ1v) is 7.63. The molecule has 7 heteroatoms. The number of nitrogens with zero attached hydrogens (tertiary/aromatic N) is 2. The van der Waals surface area contributed by atoms with Gasteiger partial charge in [0.05, 0.1) is 5.56 Å². The summed E-state index contributed by atoms with van der Waals surface area (Å²) >= 11 is 1.37. The summed E-state index contributed by atoms with van der Waals surface area (Å²) in [4.78, 5) is 32.0. The maximum Gasteiger partial charge on any atom is 0.289 e. The zero-order chi connectivity index (χ0) is 16.1. The van der Waals surface area contributed by atoms with Gasteiger partial charge in [0, 0.05) is 23.3 Å². The Balaban J connectivity index is 1.63. The van der Waals surface area contributed by atoms with E-state index in [9.17, 15) is 9.59 Å². The lowest BCUT2D eigenvalue weighted by Gasteiger charge is -2.05. The Labute approximate surface area is 136 Å². The third kappa shape index (κ3) is 3.58. The van der Waals surface area contributed by atoms with Crippen LogP contribution in [0.1, 0.15) is 20.8 Å². The quantitative estimate of drug-likeness (QED) is 0.724. The molecule has 0 unspecified atom stereocenters. The standard InChI is InChI=1S/C16H12N4O2S/c21-14(12-7-4-8-17-9-12)19-20-15(22)13-10-23-16(18-13)11-5-2-1-3-6-11/h1-10H,(H,19,21)(H,20,22). The Kier molecular flexibility index (Phi) is 4.39. The van der Waals surface area contributed by atoms with Gasteiger partial charge in [0.1, 0.15) is 10.7 Å². The van der Waals surface area contributed by atoms with Crippen LogP contribution in [0.5, 0.6) is 0 Å². The molecule has 0 aliphatic rings. The summed E-state index contributed by atoms with van der Waals surface area (Å²) in [5.41, 5.74) is 6.22. The summed E-state index contributed by atoms with van der Waals surface area (Å²) < 4.78 is 0. The number of benzene rings is 1. The highest BCUT2D eigenvalue weighted by Crippen LogP contribution is 2.23. The highest BCUT2D eigenvalue weighted by Gasteiger charge is 2.13. The number of pyridine rings is 1. The molecule has 6 nitrogen and oxygen atoms in total. The van der Waals surface area contributed by atoms with Crippen molar-refractivity contribution in [3.05, 3.63) is 71.5 Å². The van der Waals surface area contributed by atoms with Crippen molar-refractivity contribution < 1.29 is 9.59 Å². The maximum absolute atomic E-state index is 12.0. The molecule has 0 saturated carbocycles. The summed E-state index contributed by atoms with van der Waals surface area (Å²) in [7, 11) is 0. The highest BCUT2D eigenvalue weighted by molar-refractivity contribution is 7.13. The number of rotatable bonds is 3. The predicted molar refractivity (Wildman–Crippen MR) is 86.7 cm³/mol. The number of aromatic nitrogens is 2. The fourth-order valence-corrected chi connectivity index (χ4v) is 2.64. The van der Waals surface area contributed by atoms with E-state index in [-0.39, 0.29) is 5.69 Å². The van der Waals surface area contributed by atoms with Crippen LogP contribution in [0.15, 0.2) is 60.2 Å². The van der Waals surface area contributed by atoms with E-state index in [1.165, 1.54) is 17.5 Å². The summed E-state index contributed by atoms with van der Waals surface area (Å²) in [5, 5.41) is 2.39. The van der Waals surface area contributed by atoms with Gasteiger partial charge >= 0.3 is 0 Å². The number of hydrazine groups is 1. The van der Waals surface area contributed by atoms with E-state index < -0.39 is 11.8 Å². The summed E-state index contributed by atoms with van der Waals surface area (Å²) in [6, 6.07) is 12.8. The second-order valence-corrected chi connectivity index (χ2v) is 5.41. The topological polar surface area (TPSA) is 84.0 Å². The van der Waals surface area contributed by atoms with Crippen LogP contribution in [0, 0.1) is 0 Å². The van der Waals surface area contributed by atoms with Gasteiger partial charge in [-0.1, -0.05) is 30.3 Å². The monoisotopic (exact) mass is 324 g/mol. The smallest absolute Gasteiger partial charge is 0.267 e. The lowest BCUT2D eigenvalue weighted by Crippen LogP contribution is -2.41. The van der Waals surface area contributed by atoms with Crippen molar-refractivity contribution in [2.24, 2.45) is 0 Å². The Morgan fingerprint density at radius 1 is 0.957 bits per heavy atom. The Hall–Kier alpha value is -3.06. The lowest BCUT2D eigenvalue weighted by atomic mass is 10.2. The van der Waals surface area contributed by atoms with Gasteiger partial charge in [-0.2, -0.15) is 0 Å². The van der Waals surface area contributed by atoms with E-state index >= 15 is 0 Å². The van der Waals surface area contributed by atoms with Crippen LogP contribution in [0.3, 0.4) is 0 Å². The first-order chi connectivity index (χ1) is 11.2. The molecule has 0 bridgehead atoms. The number of carbonyl (C=O) groups excluding carboxylic acids is 2. The molecule has 2 aromatic heterocycles. The van der Waals surface area contributed by atoms with Crippen LogP contribution >= 0.6 is 11.3 Å². The van der Waals surface area contributed by atoms with E-state index in [1.54, 1.807) is 23.7 Å². The predicted octanol–water partition coefficient (Wildman–Crippen LogP) is 2.28. The van der Waals surface area contributed by atoms with Crippen molar-refractivity contribution >= 4 is 23.2 Å².